The lowest BCUT2D eigenvalue weighted by Gasteiger charge is -2.04. The average molecular weight is 340 g/mol. The van der Waals surface area contributed by atoms with Crippen molar-refractivity contribution < 1.29 is 4.42 Å². The smallest absolute Gasteiger partial charge is 0.181 e. The van der Waals surface area contributed by atoms with E-state index in [0.29, 0.717) is 6.04 Å². The maximum Gasteiger partial charge on any atom is 0.181 e. The van der Waals surface area contributed by atoms with E-state index in [0.717, 1.165) is 23.6 Å². The molecule has 0 aliphatic heterocycles. The zero-order valence-corrected chi connectivity index (χ0v) is 11.5. The first-order valence-corrected chi connectivity index (χ1v) is 6.83. The number of rotatable bonds is 4. The molecule has 0 saturated heterocycles. The summed E-state index contributed by atoms with van der Waals surface area (Å²) in [6.07, 6.45) is 4.11. The van der Waals surface area contributed by atoms with Gasteiger partial charge in [0.1, 0.15) is 5.69 Å². The number of aromatic nitrogens is 1. The van der Waals surface area contributed by atoms with Gasteiger partial charge in [-0.2, -0.15) is 0 Å². The summed E-state index contributed by atoms with van der Waals surface area (Å²) in [5, 5.41) is 3.46. The van der Waals surface area contributed by atoms with E-state index >= 15 is 0 Å². The Bertz CT molecular complexity index is 520. The largest absolute Gasteiger partial charge is 0.443 e. The number of nitrogens with zero attached hydrogens (tertiary/aromatic N) is 1. The molecule has 0 bridgehead atoms. The van der Waals surface area contributed by atoms with Crippen molar-refractivity contribution in [3.63, 3.8) is 0 Å². The van der Waals surface area contributed by atoms with E-state index in [-0.39, 0.29) is 0 Å². The molecular formula is C13H13IN2O. The van der Waals surface area contributed by atoms with E-state index in [2.05, 4.69) is 45.0 Å². The fraction of sp³-hybridized carbons (Fsp3) is 0.308. The highest BCUT2D eigenvalue weighted by Crippen LogP contribution is 2.28. The highest BCUT2D eigenvalue weighted by molar-refractivity contribution is 14.1. The first-order chi connectivity index (χ1) is 8.34. The third kappa shape index (κ3) is 2.52. The molecule has 88 valence electrons. The van der Waals surface area contributed by atoms with Crippen LogP contribution in [0, 0.1) is 3.57 Å². The van der Waals surface area contributed by atoms with Crippen LogP contribution in [0.2, 0.25) is 0 Å². The van der Waals surface area contributed by atoms with E-state index < -0.39 is 0 Å². The van der Waals surface area contributed by atoms with Crippen LogP contribution < -0.4 is 5.32 Å². The average Bonchev–Trinajstić information content (AvgIpc) is 3.06. The molecule has 0 unspecified atom stereocenters. The van der Waals surface area contributed by atoms with Crippen molar-refractivity contribution in [2.75, 3.05) is 0 Å². The molecule has 1 heterocycles. The van der Waals surface area contributed by atoms with Gasteiger partial charge in [0.15, 0.2) is 12.2 Å². The summed E-state index contributed by atoms with van der Waals surface area (Å²) in [4.78, 5) is 4.30. The van der Waals surface area contributed by atoms with Crippen LogP contribution >= 0.6 is 22.6 Å². The van der Waals surface area contributed by atoms with Gasteiger partial charge in [0.25, 0.3) is 0 Å². The summed E-state index contributed by atoms with van der Waals surface area (Å²) in [5.41, 5.74) is 2.12. The van der Waals surface area contributed by atoms with Gasteiger partial charge in [0.05, 0.1) is 0 Å². The summed E-state index contributed by atoms with van der Waals surface area (Å²) in [7, 11) is 0. The van der Waals surface area contributed by atoms with E-state index in [1.54, 1.807) is 0 Å². The van der Waals surface area contributed by atoms with Crippen molar-refractivity contribution in [1.82, 2.24) is 10.3 Å². The van der Waals surface area contributed by atoms with E-state index in [1.807, 2.05) is 12.1 Å². The molecule has 0 spiro atoms. The Labute approximate surface area is 114 Å². The van der Waals surface area contributed by atoms with Crippen LogP contribution in [0.1, 0.15) is 18.5 Å². The third-order valence-corrected chi connectivity index (χ3v) is 3.84. The molecule has 3 rings (SSSR count). The lowest BCUT2D eigenvalue weighted by Crippen LogP contribution is -2.16. The van der Waals surface area contributed by atoms with Crippen molar-refractivity contribution >= 4 is 22.6 Å². The van der Waals surface area contributed by atoms with Gasteiger partial charge >= 0.3 is 0 Å². The summed E-state index contributed by atoms with van der Waals surface area (Å²) < 4.78 is 6.72. The molecule has 4 heteroatoms. The maximum absolute atomic E-state index is 5.53. The first kappa shape index (κ1) is 11.2. The number of nitrogens with one attached hydrogen (secondary N) is 1. The number of hydrogen-bond donors (Lipinski definition) is 1. The minimum Gasteiger partial charge on any atom is -0.443 e. The van der Waals surface area contributed by atoms with Crippen molar-refractivity contribution in [2.24, 2.45) is 0 Å². The molecule has 0 amide bonds. The number of hydrogen-bond acceptors (Lipinski definition) is 3. The molecule has 1 saturated carbocycles. The molecule has 1 aliphatic carbocycles. The first-order valence-electron chi connectivity index (χ1n) is 5.75. The van der Waals surface area contributed by atoms with Crippen LogP contribution in [-0.2, 0) is 6.54 Å². The molecule has 1 aromatic heterocycles. The SMILES string of the molecule is Ic1ccccc1-c1ocnc1CNC1CC1. The zero-order chi connectivity index (χ0) is 11.7. The van der Waals surface area contributed by atoms with E-state index in [1.165, 1.54) is 22.8 Å². The zero-order valence-electron chi connectivity index (χ0n) is 9.32. The van der Waals surface area contributed by atoms with Crippen molar-refractivity contribution in [3.05, 3.63) is 39.9 Å². The molecule has 0 radical (unpaired) electrons. The predicted octanol–water partition coefficient (Wildman–Crippen LogP) is 3.20. The standard InChI is InChI=1S/C13H13IN2O/c14-11-4-2-1-3-10(11)13-12(16-8-17-13)7-15-9-5-6-9/h1-4,8-9,15H,5-7H2. The van der Waals surface area contributed by atoms with Gasteiger partial charge in [0.2, 0.25) is 0 Å². The van der Waals surface area contributed by atoms with Crippen LogP contribution in [-0.4, -0.2) is 11.0 Å². The fourth-order valence-electron chi connectivity index (χ4n) is 1.79. The molecule has 0 atom stereocenters. The minimum absolute atomic E-state index is 0.689. The van der Waals surface area contributed by atoms with Gasteiger partial charge in [-0.05, 0) is 41.5 Å². The maximum atomic E-state index is 5.53. The molecular weight excluding hydrogens is 327 g/mol. The Balaban J connectivity index is 1.86. The van der Waals surface area contributed by atoms with Gasteiger partial charge in [-0.3, -0.25) is 0 Å². The highest BCUT2D eigenvalue weighted by atomic mass is 127. The Hall–Kier alpha value is -0.880. The lowest BCUT2D eigenvalue weighted by molar-refractivity contribution is 0.569. The van der Waals surface area contributed by atoms with Crippen molar-refractivity contribution in [2.45, 2.75) is 25.4 Å². The highest BCUT2D eigenvalue weighted by Gasteiger charge is 2.22. The molecule has 1 fully saturated rings. The normalized spacial score (nSPS) is 15.1. The van der Waals surface area contributed by atoms with Gasteiger partial charge in [0, 0.05) is 21.7 Å². The second-order valence-electron chi connectivity index (χ2n) is 4.26. The third-order valence-electron chi connectivity index (χ3n) is 2.90. The van der Waals surface area contributed by atoms with Crippen molar-refractivity contribution in [3.8, 4) is 11.3 Å². The van der Waals surface area contributed by atoms with E-state index in [9.17, 15) is 0 Å². The quantitative estimate of drug-likeness (QED) is 0.869. The number of oxazole rings is 1. The Morgan fingerprint density at radius 1 is 1.35 bits per heavy atom. The summed E-state index contributed by atoms with van der Waals surface area (Å²) in [6.45, 7) is 0.793. The summed E-state index contributed by atoms with van der Waals surface area (Å²) >= 11 is 2.32. The van der Waals surface area contributed by atoms with Gasteiger partial charge in [-0.1, -0.05) is 18.2 Å². The number of halogens is 1. The number of benzene rings is 1. The molecule has 3 nitrogen and oxygen atoms in total. The summed E-state index contributed by atoms with van der Waals surface area (Å²) in [6, 6.07) is 8.90. The Morgan fingerprint density at radius 2 is 2.18 bits per heavy atom. The molecule has 1 aliphatic rings. The van der Waals surface area contributed by atoms with Crippen LogP contribution in [0.3, 0.4) is 0 Å². The second kappa shape index (κ2) is 4.78. The minimum atomic E-state index is 0.689. The van der Waals surface area contributed by atoms with Gasteiger partial charge in [-0.15, -0.1) is 0 Å². The molecule has 2 aromatic rings. The van der Waals surface area contributed by atoms with Crippen LogP contribution in [0.5, 0.6) is 0 Å². The Kier molecular flexibility index (Phi) is 3.15. The Morgan fingerprint density at radius 3 is 2.94 bits per heavy atom. The topological polar surface area (TPSA) is 38.1 Å². The monoisotopic (exact) mass is 340 g/mol. The lowest BCUT2D eigenvalue weighted by atomic mass is 10.1. The second-order valence-corrected chi connectivity index (χ2v) is 5.43. The molecule has 17 heavy (non-hydrogen) atoms. The molecule has 1 aromatic carbocycles. The van der Waals surface area contributed by atoms with Crippen LogP contribution in [0.25, 0.3) is 11.3 Å². The summed E-state index contributed by atoms with van der Waals surface area (Å²) in [5.74, 6) is 0.892. The molecule has 1 N–H and O–H groups in total. The van der Waals surface area contributed by atoms with Gasteiger partial charge in [-0.25, -0.2) is 4.98 Å². The fourth-order valence-corrected chi connectivity index (χ4v) is 2.42. The van der Waals surface area contributed by atoms with Gasteiger partial charge < -0.3 is 9.73 Å². The van der Waals surface area contributed by atoms with Crippen LogP contribution in [0.15, 0.2) is 35.1 Å². The van der Waals surface area contributed by atoms with Crippen LogP contribution in [0.4, 0.5) is 0 Å². The van der Waals surface area contributed by atoms with E-state index in [4.69, 9.17) is 4.42 Å². The predicted molar refractivity (Wildman–Crippen MR) is 74.5 cm³/mol. The van der Waals surface area contributed by atoms with Crippen molar-refractivity contribution in [1.29, 1.82) is 0 Å².